The van der Waals surface area contributed by atoms with Crippen LogP contribution in [0.1, 0.15) is 27.0 Å². The summed E-state index contributed by atoms with van der Waals surface area (Å²) in [6.07, 6.45) is 0.257. The van der Waals surface area contributed by atoms with Crippen LogP contribution >= 0.6 is 0 Å². The lowest BCUT2D eigenvalue weighted by Crippen LogP contribution is -2.42. The van der Waals surface area contributed by atoms with Gasteiger partial charge in [-0.2, -0.15) is 0 Å². The zero-order chi connectivity index (χ0) is 16.1. The molecule has 114 valence electrons. The van der Waals surface area contributed by atoms with Gasteiger partial charge in [0.1, 0.15) is 6.04 Å². The fourth-order valence-corrected chi connectivity index (χ4v) is 2.19. The van der Waals surface area contributed by atoms with E-state index in [4.69, 9.17) is 0 Å². The first kappa shape index (κ1) is 15.8. The number of aryl methyl sites for hydroxylation is 2. The van der Waals surface area contributed by atoms with Crippen LogP contribution in [0, 0.1) is 13.8 Å². The Morgan fingerprint density at radius 1 is 1.05 bits per heavy atom. The van der Waals surface area contributed by atoms with Crippen molar-refractivity contribution in [3.63, 3.8) is 0 Å². The van der Waals surface area contributed by atoms with Crippen LogP contribution in [-0.2, 0) is 11.2 Å². The van der Waals surface area contributed by atoms with Crippen molar-refractivity contribution in [1.82, 2.24) is 5.32 Å². The molecule has 0 aromatic heterocycles. The van der Waals surface area contributed by atoms with Crippen molar-refractivity contribution in [2.45, 2.75) is 26.3 Å². The molecule has 0 aliphatic carbocycles. The molecule has 0 heterocycles. The highest BCUT2D eigenvalue weighted by atomic mass is 16.4. The average molecular weight is 297 g/mol. The Labute approximate surface area is 129 Å². The highest BCUT2D eigenvalue weighted by Gasteiger charge is 2.21. The number of nitrogens with one attached hydrogen (secondary N) is 1. The number of aliphatic carboxylic acids is 1. The number of carboxylic acid groups (broad SMARTS) is 1. The van der Waals surface area contributed by atoms with Gasteiger partial charge in [0.15, 0.2) is 0 Å². The summed E-state index contributed by atoms with van der Waals surface area (Å²) in [5, 5.41) is 11.9. The minimum atomic E-state index is -1.04. The van der Waals surface area contributed by atoms with Crippen LogP contribution in [0.15, 0.2) is 48.5 Å². The number of carbonyl (C=O) groups excluding carboxylic acids is 1. The largest absolute Gasteiger partial charge is 0.480 e. The van der Waals surface area contributed by atoms with Gasteiger partial charge in [0.25, 0.3) is 5.91 Å². The van der Waals surface area contributed by atoms with Gasteiger partial charge >= 0.3 is 5.97 Å². The zero-order valence-corrected chi connectivity index (χ0v) is 12.7. The van der Waals surface area contributed by atoms with E-state index in [2.05, 4.69) is 5.32 Å². The molecule has 0 bridgehead atoms. The van der Waals surface area contributed by atoms with E-state index in [1.807, 2.05) is 44.2 Å². The molecule has 0 aliphatic heterocycles. The lowest BCUT2D eigenvalue weighted by Gasteiger charge is -2.15. The number of hydrogen-bond donors (Lipinski definition) is 2. The number of carboxylic acids is 1. The molecule has 1 atom stereocenters. The van der Waals surface area contributed by atoms with Gasteiger partial charge in [-0.1, -0.05) is 47.5 Å². The number of rotatable bonds is 5. The molecule has 4 nitrogen and oxygen atoms in total. The van der Waals surface area contributed by atoms with Gasteiger partial charge in [0, 0.05) is 12.0 Å². The molecule has 0 saturated heterocycles. The van der Waals surface area contributed by atoms with Crippen LogP contribution in [0.4, 0.5) is 0 Å². The van der Waals surface area contributed by atoms with Gasteiger partial charge in [0.2, 0.25) is 0 Å². The predicted molar refractivity (Wildman–Crippen MR) is 85.0 cm³/mol. The monoisotopic (exact) mass is 297 g/mol. The van der Waals surface area contributed by atoms with Gasteiger partial charge < -0.3 is 10.4 Å². The van der Waals surface area contributed by atoms with E-state index in [1.54, 1.807) is 18.2 Å². The molecule has 0 saturated carbocycles. The molecule has 0 unspecified atom stereocenters. The molecule has 22 heavy (non-hydrogen) atoms. The molecular formula is C18H19NO3. The summed E-state index contributed by atoms with van der Waals surface area (Å²) < 4.78 is 0. The molecule has 1 amide bonds. The third-order valence-electron chi connectivity index (χ3n) is 3.44. The Bertz CT molecular complexity index is 677. The summed E-state index contributed by atoms with van der Waals surface area (Å²) in [6.45, 7) is 3.86. The molecule has 0 radical (unpaired) electrons. The van der Waals surface area contributed by atoms with E-state index in [-0.39, 0.29) is 12.3 Å². The fraction of sp³-hybridized carbons (Fsp3) is 0.222. The minimum absolute atomic E-state index is 0.257. The second kappa shape index (κ2) is 6.89. The Balaban J connectivity index is 2.10. The van der Waals surface area contributed by atoms with Crippen molar-refractivity contribution in [3.8, 4) is 0 Å². The first-order valence-electron chi connectivity index (χ1n) is 7.11. The SMILES string of the molecule is Cc1ccc(C[C@H](NC(=O)c2cccc(C)c2)C(=O)O)cc1. The smallest absolute Gasteiger partial charge is 0.326 e. The van der Waals surface area contributed by atoms with E-state index in [0.717, 1.165) is 16.7 Å². The molecule has 2 aromatic carbocycles. The van der Waals surface area contributed by atoms with E-state index in [9.17, 15) is 14.7 Å². The Hall–Kier alpha value is -2.62. The molecule has 0 spiro atoms. The highest BCUT2D eigenvalue weighted by Crippen LogP contribution is 2.08. The number of carbonyl (C=O) groups is 2. The number of hydrogen-bond acceptors (Lipinski definition) is 2. The van der Waals surface area contributed by atoms with Crippen molar-refractivity contribution in [3.05, 3.63) is 70.8 Å². The van der Waals surface area contributed by atoms with Crippen molar-refractivity contribution >= 4 is 11.9 Å². The Morgan fingerprint density at radius 2 is 1.73 bits per heavy atom. The molecule has 0 aliphatic rings. The number of benzene rings is 2. The van der Waals surface area contributed by atoms with Gasteiger partial charge in [-0.05, 0) is 31.5 Å². The van der Waals surface area contributed by atoms with Crippen molar-refractivity contribution in [2.24, 2.45) is 0 Å². The van der Waals surface area contributed by atoms with Gasteiger partial charge in [0.05, 0.1) is 0 Å². The van der Waals surface area contributed by atoms with Crippen LogP contribution in [-0.4, -0.2) is 23.0 Å². The van der Waals surface area contributed by atoms with Crippen LogP contribution in [0.25, 0.3) is 0 Å². The first-order valence-corrected chi connectivity index (χ1v) is 7.11. The predicted octanol–water partition coefficient (Wildman–Crippen LogP) is 2.73. The summed E-state index contributed by atoms with van der Waals surface area (Å²) in [4.78, 5) is 23.6. The minimum Gasteiger partial charge on any atom is -0.480 e. The highest BCUT2D eigenvalue weighted by molar-refractivity contribution is 5.96. The van der Waals surface area contributed by atoms with Crippen LogP contribution in [0.5, 0.6) is 0 Å². The second-order valence-electron chi connectivity index (χ2n) is 5.42. The van der Waals surface area contributed by atoms with Gasteiger partial charge in [-0.25, -0.2) is 4.79 Å². The van der Waals surface area contributed by atoms with Crippen molar-refractivity contribution in [1.29, 1.82) is 0 Å². The maximum atomic E-state index is 12.2. The third-order valence-corrected chi connectivity index (χ3v) is 3.44. The maximum Gasteiger partial charge on any atom is 0.326 e. The summed E-state index contributed by atoms with van der Waals surface area (Å²) in [7, 11) is 0. The number of amides is 1. The summed E-state index contributed by atoms with van der Waals surface area (Å²) in [6, 6.07) is 13.7. The van der Waals surface area contributed by atoms with Crippen LogP contribution < -0.4 is 5.32 Å². The molecule has 2 N–H and O–H groups in total. The molecular weight excluding hydrogens is 278 g/mol. The molecule has 2 rings (SSSR count). The quantitative estimate of drug-likeness (QED) is 0.891. The van der Waals surface area contributed by atoms with E-state index in [1.165, 1.54) is 0 Å². The maximum absolute atomic E-state index is 12.2. The van der Waals surface area contributed by atoms with E-state index in [0.29, 0.717) is 5.56 Å². The van der Waals surface area contributed by atoms with E-state index >= 15 is 0 Å². The van der Waals surface area contributed by atoms with Crippen molar-refractivity contribution < 1.29 is 14.7 Å². The molecule has 0 fully saturated rings. The zero-order valence-electron chi connectivity index (χ0n) is 12.7. The van der Waals surface area contributed by atoms with Gasteiger partial charge in [-0.15, -0.1) is 0 Å². The van der Waals surface area contributed by atoms with Crippen LogP contribution in [0.2, 0.25) is 0 Å². The first-order chi connectivity index (χ1) is 10.5. The second-order valence-corrected chi connectivity index (χ2v) is 5.42. The fourth-order valence-electron chi connectivity index (χ4n) is 2.19. The summed E-state index contributed by atoms with van der Waals surface area (Å²) in [5.74, 6) is -1.41. The molecule has 2 aromatic rings. The van der Waals surface area contributed by atoms with Crippen LogP contribution in [0.3, 0.4) is 0 Å². The lowest BCUT2D eigenvalue weighted by molar-refractivity contribution is -0.139. The van der Waals surface area contributed by atoms with E-state index < -0.39 is 12.0 Å². The normalized spacial score (nSPS) is 11.7. The van der Waals surface area contributed by atoms with Crippen molar-refractivity contribution in [2.75, 3.05) is 0 Å². The Morgan fingerprint density at radius 3 is 2.32 bits per heavy atom. The summed E-state index contributed by atoms with van der Waals surface area (Å²) in [5.41, 5.74) is 3.41. The van der Waals surface area contributed by atoms with Gasteiger partial charge in [-0.3, -0.25) is 4.79 Å². The third kappa shape index (κ3) is 4.19. The average Bonchev–Trinajstić information content (AvgIpc) is 2.48. The standard InChI is InChI=1S/C18H19NO3/c1-12-6-8-14(9-7-12)11-16(18(21)22)19-17(20)15-5-3-4-13(2)10-15/h3-10,16H,11H2,1-2H3,(H,19,20)(H,21,22)/t16-/m0/s1. The topological polar surface area (TPSA) is 66.4 Å². The lowest BCUT2D eigenvalue weighted by atomic mass is 10.0. The summed E-state index contributed by atoms with van der Waals surface area (Å²) >= 11 is 0. The Kier molecular flexibility index (Phi) is 4.94. The molecule has 4 heteroatoms.